The predicted molar refractivity (Wildman–Crippen MR) is 116 cm³/mol. The van der Waals surface area contributed by atoms with Crippen LogP contribution in [0, 0.1) is 6.92 Å². The van der Waals surface area contributed by atoms with Crippen LogP contribution in [0.3, 0.4) is 0 Å². The van der Waals surface area contributed by atoms with Crippen LogP contribution in [0.1, 0.15) is 15.2 Å². The van der Waals surface area contributed by atoms with E-state index in [2.05, 4.69) is 0 Å². The molecule has 7 heteroatoms. The molecule has 0 aliphatic carbocycles. The fourth-order valence-corrected chi connectivity index (χ4v) is 5.92. The Hall–Kier alpha value is -2.48. The first-order valence-corrected chi connectivity index (χ1v) is 11.8. The molecule has 0 atom stereocenters. The van der Waals surface area contributed by atoms with Crippen molar-refractivity contribution < 1.29 is 13.2 Å². The van der Waals surface area contributed by atoms with E-state index in [4.69, 9.17) is 0 Å². The van der Waals surface area contributed by atoms with Crippen LogP contribution >= 0.6 is 11.3 Å². The summed E-state index contributed by atoms with van der Waals surface area (Å²) in [4.78, 5) is 16.3. The van der Waals surface area contributed by atoms with Crippen molar-refractivity contribution in [3.8, 4) is 11.1 Å². The first-order valence-electron chi connectivity index (χ1n) is 9.46. The Balaban J connectivity index is 1.51. The van der Waals surface area contributed by atoms with Crippen molar-refractivity contribution in [3.63, 3.8) is 0 Å². The number of aryl methyl sites for hydroxylation is 1. The molecule has 4 rings (SSSR count). The van der Waals surface area contributed by atoms with Gasteiger partial charge in [-0.1, -0.05) is 48.5 Å². The molecule has 1 aromatic heterocycles. The van der Waals surface area contributed by atoms with E-state index in [1.54, 1.807) is 46.6 Å². The molecule has 1 aliphatic rings. The third-order valence-corrected chi connectivity index (χ3v) is 8.00. The van der Waals surface area contributed by atoms with Crippen LogP contribution in [0.2, 0.25) is 0 Å². The van der Waals surface area contributed by atoms with E-state index < -0.39 is 10.0 Å². The van der Waals surface area contributed by atoms with Gasteiger partial charge in [0, 0.05) is 42.0 Å². The van der Waals surface area contributed by atoms with Crippen LogP contribution in [0.25, 0.3) is 11.1 Å². The fraction of sp³-hybridized carbons (Fsp3) is 0.227. The van der Waals surface area contributed by atoms with Gasteiger partial charge in [0.05, 0.1) is 10.5 Å². The Morgan fingerprint density at radius 3 is 2.10 bits per heavy atom. The lowest BCUT2D eigenvalue weighted by Crippen LogP contribution is -2.50. The summed E-state index contributed by atoms with van der Waals surface area (Å²) >= 11 is 1.57. The lowest BCUT2D eigenvalue weighted by molar-refractivity contribution is 0.0699. The van der Waals surface area contributed by atoms with Gasteiger partial charge in [0.2, 0.25) is 10.0 Å². The molecule has 2 heterocycles. The van der Waals surface area contributed by atoms with Crippen LogP contribution < -0.4 is 0 Å². The van der Waals surface area contributed by atoms with Crippen LogP contribution in [-0.4, -0.2) is 49.7 Å². The van der Waals surface area contributed by atoms with Gasteiger partial charge in [-0.2, -0.15) is 4.31 Å². The number of benzene rings is 2. The highest BCUT2D eigenvalue weighted by atomic mass is 32.2. The summed E-state index contributed by atoms with van der Waals surface area (Å²) in [7, 11) is -3.53. The molecule has 1 fully saturated rings. The number of carbonyl (C=O) groups is 1. The van der Waals surface area contributed by atoms with E-state index in [-0.39, 0.29) is 5.91 Å². The van der Waals surface area contributed by atoms with Crippen molar-refractivity contribution in [1.82, 2.24) is 9.21 Å². The Labute approximate surface area is 175 Å². The third-order valence-electron chi connectivity index (χ3n) is 5.17. The number of carbonyl (C=O) groups excluding carboxylic acids is 1. The molecule has 0 spiro atoms. The second-order valence-corrected chi connectivity index (χ2v) is 9.98. The van der Waals surface area contributed by atoms with E-state index >= 15 is 0 Å². The van der Waals surface area contributed by atoms with E-state index in [0.29, 0.717) is 36.6 Å². The zero-order valence-corrected chi connectivity index (χ0v) is 17.7. The smallest absolute Gasteiger partial charge is 0.255 e. The van der Waals surface area contributed by atoms with Crippen molar-refractivity contribution in [3.05, 3.63) is 76.5 Å². The predicted octanol–water partition coefficient (Wildman–Crippen LogP) is 3.87. The topological polar surface area (TPSA) is 57.7 Å². The molecule has 2 aromatic carbocycles. The van der Waals surface area contributed by atoms with E-state index in [1.165, 1.54) is 4.31 Å². The molecule has 0 radical (unpaired) electrons. The molecule has 5 nitrogen and oxygen atoms in total. The first-order chi connectivity index (χ1) is 14.0. The highest BCUT2D eigenvalue weighted by molar-refractivity contribution is 7.89. The molecular weight excluding hydrogens is 404 g/mol. The monoisotopic (exact) mass is 426 g/mol. The Bertz CT molecular complexity index is 1100. The van der Waals surface area contributed by atoms with Gasteiger partial charge in [-0.05, 0) is 24.6 Å². The van der Waals surface area contributed by atoms with Crippen molar-refractivity contribution in [2.24, 2.45) is 0 Å². The largest absolute Gasteiger partial charge is 0.336 e. The maximum absolute atomic E-state index is 13.2. The molecule has 0 N–H and O–H groups in total. The molecule has 1 amide bonds. The minimum Gasteiger partial charge on any atom is -0.336 e. The summed E-state index contributed by atoms with van der Waals surface area (Å²) in [6, 6.07) is 18.4. The summed E-state index contributed by atoms with van der Waals surface area (Å²) in [5.74, 6) is -0.0371. The highest BCUT2D eigenvalue weighted by Crippen LogP contribution is 2.33. The van der Waals surface area contributed by atoms with Gasteiger partial charge in [-0.3, -0.25) is 4.79 Å². The maximum Gasteiger partial charge on any atom is 0.255 e. The van der Waals surface area contributed by atoms with Gasteiger partial charge in [0.1, 0.15) is 0 Å². The van der Waals surface area contributed by atoms with Gasteiger partial charge in [-0.15, -0.1) is 11.3 Å². The minimum absolute atomic E-state index is 0.0371. The minimum atomic E-state index is -3.53. The first kappa shape index (κ1) is 19.8. The van der Waals surface area contributed by atoms with Crippen LogP contribution in [0.4, 0.5) is 0 Å². The summed E-state index contributed by atoms with van der Waals surface area (Å²) in [6.45, 7) is 3.38. The fourth-order valence-electron chi connectivity index (χ4n) is 3.62. The average Bonchev–Trinajstić information content (AvgIpc) is 3.16. The quantitative estimate of drug-likeness (QED) is 0.636. The molecule has 3 aromatic rings. The number of sulfonamides is 1. The molecule has 1 saturated heterocycles. The second kappa shape index (κ2) is 8.10. The standard InChI is InChI=1S/C22H22N2O3S2/c1-17-21(18-8-4-2-5-9-18)20(16-28-17)22(25)23-12-14-24(15-13-23)29(26,27)19-10-6-3-7-11-19/h2-11,16H,12-15H2,1H3. The zero-order chi connectivity index (χ0) is 20.4. The van der Waals surface area contributed by atoms with Crippen molar-refractivity contribution in [2.45, 2.75) is 11.8 Å². The molecule has 29 heavy (non-hydrogen) atoms. The number of thiophene rings is 1. The lowest BCUT2D eigenvalue weighted by atomic mass is 10.0. The normalized spacial score (nSPS) is 15.4. The summed E-state index contributed by atoms with van der Waals surface area (Å²) in [5, 5.41) is 1.91. The summed E-state index contributed by atoms with van der Waals surface area (Å²) in [6.07, 6.45) is 0. The third kappa shape index (κ3) is 3.85. The molecule has 0 unspecified atom stereocenters. The Morgan fingerprint density at radius 1 is 0.897 bits per heavy atom. The van der Waals surface area contributed by atoms with E-state index in [1.807, 2.05) is 42.6 Å². The number of rotatable bonds is 4. The number of hydrogen-bond donors (Lipinski definition) is 0. The number of nitrogens with zero attached hydrogens (tertiary/aromatic N) is 2. The van der Waals surface area contributed by atoms with Gasteiger partial charge in [0.15, 0.2) is 0 Å². The second-order valence-electron chi connectivity index (χ2n) is 6.96. The molecule has 0 bridgehead atoms. The average molecular weight is 427 g/mol. The van der Waals surface area contributed by atoms with Gasteiger partial charge in [0.25, 0.3) is 5.91 Å². The molecule has 0 saturated carbocycles. The van der Waals surface area contributed by atoms with Gasteiger partial charge < -0.3 is 4.90 Å². The SMILES string of the molecule is Cc1scc(C(=O)N2CCN(S(=O)(=O)c3ccccc3)CC2)c1-c1ccccc1. The van der Waals surface area contributed by atoms with Crippen LogP contribution in [-0.2, 0) is 10.0 Å². The summed E-state index contributed by atoms with van der Waals surface area (Å²) < 4.78 is 27.1. The number of piperazine rings is 1. The van der Waals surface area contributed by atoms with Crippen molar-refractivity contribution >= 4 is 27.3 Å². The maximum atomic E-state index is 13.2. The highest BCUT2D eigenvalue weighted by Gasteiger charge is 2.31. The molecule has 1 aliphatic heterocycles. The number of hydrogen-bond acceptors (Lipinski definition) is 4. The van der Waals surface area contributed by atoms with Crippen molar-refractivity contribution in [1.29, 1.82) is 0 Å². The Morgan fingerprint density at radius 2 is 1.48 bits per heavy atom. The van der Waals surface area contributed by atoms with Crippen LogP contribution in [0.5, 0.6) is 0 Å². The number of amides is 1. The lowest BCUT2D eigenvalue weighted by Gasteiger charge is -2.34. The molecule has 150 valence electrons. The van der Waals surface area contributed by atoms with E-state index in [0.717, 1.165) is 16.0 Å². The zero-order valence-electron chi connectivity index (χ0n) is 16.1. The molecular formula is C22H22N2O3S2. The van der Waals surface area contributed by atoms with Gasteiger partial charge >= 0.3 is 0 Å². The van der Waals surface area contributed by atoms with Crippen molar-refractivity contribution in [2.75, 3.05) is 26.2 Å². The van der Waals surface area contributed by atoms with E-state index in [9.17, 15) is 13.2 Å². The van der Waals surface area contributed by atoms with Gasteiger partial charge in [-0.25, -0.2) is 8.42 Å². The Kier molecular flexibility index (Phi) is 5.54. The van der Waals surface area contributed by atoms with Crippen LogP contribution in [0.15, 0.2) is 70.9 Å². The summed E-state index contributed by atoms with van der Waals surface area (Å²) in [5.41, 5.74) is 2.69.